The van der Waals surface area contributed by atoms with E-state index < -0.39 is 23.6 Å². The van der Waals surface area contributed by atoms with Gasteiger partial charge in [-0.2, -0.15) is 0 Å². The number of ether oxygens (including phenoxy) is 1. The average molecular weight is 532 g/mol. The van der Waals surface area contributed by atoms with E-state index in [1.807, 2.05) is 54.7 Å². The van der Waals surface area contributed by atoms with Crippen molar-refractivity contribution >= 4 is 63.1 Å². The summed E-state index contributed by atoms with van der Waals surface area (Å²) in [5.74, 6) is -0.518. The Morgan fingerprint density at radius 1 is 1.03 bits per heavy atom. The zero-order valence-electron chi connectivity index (χ0n) is 19.8. The zero-order chi connectivity index (χ0) is 25.9. The summed E-state index contributed by atoms with van der Waals surface area (Å²) < 4.78 is 7.30. The lowest BCUT2D eigenvalue weighted by atomic mass is 10.1. The van der Waals surface area contributed by atoms with Crippen LogP contribution in [0.2, 0.25) is 5.02 Å². The van der Waals surface area contributed by atoms with Crippen molar-refractivity contribution in [2.45, 2.75) is 6.54 Å². The summed E-state index contributed by atoms with van der Waals surface area (Å²) in [5, 5.41) is 3.82. The van der Waals surface area contributed by atoms with E-state index in [2.05, 4.69) is 9.88 Å². The van der Waals surface area contributed by atoms with Gasteiger partial charge in [0.1, 0.15) is 12.3 Å². The number of carbonyl (C=O) groups excluding carboxylic acids is 3. The SMILES string of the molecule is COc1ccccc1NC(=O)CN1C(=O)S/C(=C/c2cn(Cc3ccccc3Cl)c3ccccc23)C1=O. The molecule has 1 N–H and O–H groups in total. The maximum absolute atomic E-state index is 13.1. The van der Waals surface area contributed by atoms with Crippen LogP contribution in [0.5, 0.6) is 5.75 Å². The Bertz CT molecular complexity index is 1560. The van der Waals surface area contributed by atoms with Gasteiger partial charge in [-0.15, -0.1) is 0 Å². The number of carbonyl (C=O) groups is 3. The number of methoxy groups -OCH3 is 1. The number of anilines is 1. The van der Waals surface area contributed by atoms with Crippen molar-refractivity contribution in [1.82, 2.24) is 9.47 Å². The van der Waals surface area contributed by atoms with Gasteiger partial charge >= 0.3 is 0 Å². The summed E-state index contributed by atoms with van der Waals surface area (Å²) >= 11 is 7.19. The summed E-state index contributed by atoms with van der Waals surface area (Å²) in [6.07, 6.45) is 3.64. The fraction of sp³-hybridized carbons (Fsp3) is 0.107. The number of benzene rings is 3. The smallest absolute Gasteiger partial charge is 0.294 e. The van der Waals surface area contributed by atoms with E-state index in [0.29, 0.717) is 23.0 Å². The minimum Gasteiger partial charge on any atom is -0.495 e. The Labute approximate surface area is 222 Å². The third-order valence-electron chi connectivity index (χ3n) is 5.96. The number of halogens is 1. The molecule has 0 atom stereocenters. The molecule has 2 heterocycles. The quantitative estimate of drug-likeness (QED) is 0.295. The number of imide groups is 1. The maximum Gasteiger partial charge on any atom is 0.294 e. The van der Waals surface area contributed by atoms with Crippen LogP contribution in [-0.2, 0) is 16.1 Å². The monoisotopic (exact) mass is 531 g/mol. The Hall–Kier alpha value is -4.01. The molecule has 5 rings (SSSR count). The maximum atomic E-state index is 13.1. The van der Waals surface area contributed by atoms with Crippen molar-refractivity contribution in [2.75, 3.05) is 19.0 Å². The standard InChI is InChI=1S/C28H22ClN3O4S/c1-36-24-13-7-5-11-22(24)30-26(33)17-32-27(34)25(37-28(32)35)14-19-16-31(23-12-6-3-9-20(19)23)15-18-8-2-4-10-21(18)29/h2-14,16H,15,17H2,1H3,(H,30,33)/b25-14+. The van der Waals surface area contributed by atoms with Crippen LogP contribution in [0.1, 0.15) is 11.1 Å². The summed E-state index contributed by atoms with van der Waals surface area (Å²) in [7, 11) is 1.50. The lowest BCUT2D eigenvalue weighted by molar-refractivity contribution is -0.127. The van der Waals surface area contributed by atoms with Crippen molar-refractivity contribution in [3.8, 4) is 5.75 Å². The number of hydrogen-bond acceptors (Lipinski definition) is 5. The van der Waals surface area contributed by atoms with Crippen molar-refractivity contribution in [3.63, 3.8) is 0 Å². The molecule has 1 aliphatic heterocycles. The van der Waals surface area contributed by atoms with Gasteiger partial charge in [-0.3, -0.25) is 19.3 Å². The first-order valence-electron chi connectivity index (χ1n) is 11.4. The third-order valence-corrected chi connectivity index (χ3v) is 7.24. The van der Waals surface area contributed by atoms with Gasteiger partial charge in [-0.25, -0.2) is 0 Å². The second kappa shape index (κ2) is 10.5. The fourth-order valence-corrected chi connectivity index (χ4v) is 5.21. The molecule has 7 nitrogen and oxygen atoms in total. The molecule has 0 aliphatic carbocycles. The second-order valence-corrected chi connectivity index (χ2v) is 9.74. The number of hydrogen-bond donors (Lipinski definition) is 1. The summed E-state index contributed by atoms with van der Waals surface area (Å²) in [6.45, 7) is 0.160. The largest absolute Gasteiger partial charge is 0.495 e. The van der Waals surface area contributed by atoms with Gasteiger partial charge in [0.05, 0.1) is 17.7 Å². The first-order valence-corrected chi connectivity index (χ1v) is 12.6. The minimum absolute atomic E-state index is 0.260. The van der Waals surface area contributed by atoms with Crippen LogP contribution in [0.15, 0.2) is 83.9 Å². The normalized spacial score (nSPS) is 14.5. The van der Waals surface area contributed by atoms with Crippen LogP contribution in [0.4, 0.5) is 10.5 Å². The van der Waals surface area contributed by atoms with Gasteiger partial charge in [0.15, 0.2) is 0 Å². The van der Waals surface area contributed by atoms with E-state index in [-0.39, 0.29) is 4.91 Å². The van der Waals surface area contributed by atoms with Crippen LogP contribution < -0.4 is 10.1 Å². The number of thioether (sulfide) groups is 1. The highest BCUT2D eigenvalue weighted by Gasteiger charge is 2.36. The summed E-state index contributed by atoms with van der Waals surface area (Å²) in [6, 6.07) is 22.4. The topological polar surface area (TPSA) is 80.6 Å². The molecule has 4 aromatic rings. The van der Waals surface area contributed by atoms with Crippen molar-refractivity contribution in [1.29, 1.82) is 0 Å². The predicted molar refractivity (Wildman–Crippen MR) is 147 cm³/mol. The lowest BCUT2D eigenvalue weighted by Gasteiger charge is -2.14. The molecule has 0 unspecified atom stereocenters. The Balaban J connectivity index is 1.38. The molecule has 1 aliphatic rings. The molecule has 0 spiro atoms. The predicted octanol–water partition coefficient (Wildman–Crippen LogP) is 6.03. The molecule has 0 radical (unpaired) electrons. The second-order valence-electron chi connectivity index (χ2n) is 8.34. The number of amides is 3. The lowest BCUT2D eigenvalue weighted by Crippen LogP contribution is -2.36. The minimum atomic E-state index is -0.506. The fourth-order valence-electron chi connectivity index (χ4n) is 4.19. The Morgan fingerprint density at radius 3 is 2.57 bits per heavy atom. The van der Waals surface area contributed by atoms with Crippen LogP contribution >= 0.6 is 23.4 Å². The van der Waals surface area contributed by atoms with Crippen molar-refractivity contribution in [2.24, 2.45) is 0 Å². The highest BCUT2D eigenvalue weighted by atomic mass is 35.5. The van der Waals surface area contributed by atoms with E-state index in [4.69, 9.17) is 16.3 Å². The van der Waals surface area contributed by atoms with Gasteiger partial charge in [0.2, 0.25) is 5.91 Å². The van der Waals surface area contributed by atoms with Crippen molar-refractivity contribution in [3.05, 3.63) is 100 Å². The number of nitrogens with one attached hydrogen (secondary N) is 1. The van der Waals surface area contributed by atoms with E-state index in [0.717, 1.165) is 38.7 Å². The summed E-state index contributed by atoms with van der Waals surface area (Å²) in [4.78, 5) is 39.6. The highest BCUT2D eigenvalue weighted by Crippen LogP contribution is 2.34. The van der Waals surface area contributed by atoms with Gasteiger partial charge in [0, 0.05) is 34.2 Å². The molecule has 3 amide bonds. The average Bonchev–Trinajstić information content (AvgIpc) is 3.37. The van der Waals surface area contributed by atoms with Crippen LogP contribution in [0.3, 0.4) is 0 Å². The molecule has 3 aromatic carbocycles. The molecule has 1 saturated heterocycles. The number of aromatic nitrogens is 1. The molecule has 0 saturated carbocycles. The number of rotatable bonds is 7. The molecular formula is C28H22ClN3O4S. The third kappa shape index (κ3) is 5.12. The van der Waals surface area contributed by atoms with Crippen molar-refractivity contribution < 1.29 is 19.1 Å². The molecule has 9 heteroatoms. The number of nitrogens with zero attached hydrogens (tertiary/aromatic N) is 2. The Kier molecular flexibility index (Phi) is 7.03. The molecule has 37 heavy (non-hydrogen) atoms. The molecule has 1 aromatic heterocycles. The first-order chi connectivity index (χ1) is 17.9. The first kappa shape index (κ1) is 24.7. The zero-order valence-corrected chi connectivity index (χ0v) is 21.4. The van der Waals surface area contributed by atoms with Gasteiger partial charge in [-0.05, 0) is 47.7 Å². The molecule has 1 fully saturated rings. The molecular weight excluding hydrogens is 510 g/mol. The summed E-state index contributed by atoms with van der Waals surface area (Å²) in [5.41, 5.74) is 3.21. The highest BCUT2D eigenvalue weighted by molar-refractivity contribution is 8.18. The number of fused-ring (bicyclic) bond motifs is 1. The van der Waals surface area contributed by atoms with Gasteiger partial charge < -0.3 is 14.6 Å². The van der Waals surface area contributed by atoms with Gasteiger partial charge in [0.25, 0.3) is 11.1 Å². The van der Waals surface area contributed by atoms with E-state index in [1.54, 1.807) is 30.3 Å². The van der Waals surface area contributed by atoms with E-state index in [9.17, 15) is 14.4 Å². The van der Waals surface area contributed by atoms with Crippen LogP contribution in [0.25, 0.3) is 17.0 Å². The van der Waals surface area contributed by atoms with Crippen LogP contribution in [0, 0.1) is 0 Å². The number of para-hydroxylation sites is 3. The molecule has 0 bridgehead atoms. The van der Waals surface area contributed by atoms with Crippen LogP contribution in [-0.4, -0.2) is 40.2 Å². The van der Waals surface area contributed by atoms with Gasteiger partial charge in [-0.1, -0.05) is 60.1 Å². The Morgan fingerprint density at radius 2 is 1.76 bits per heavy atom. The van der Waals surface area contributed by atoms with E-state index in [1.165, 1.54) is 7.11 Å². The molecule has 186 valence electrons. The van der Waals surface area contributed by atoms with E-state index >= 15 is 0 Å².